The van der Waals surface area contributed by atoms with Crippen molar-refractivity contribution in [1.29, 1.82) is 0 Å². The third-order valence-corrected chi connectivity index (χ3v) is 3.57. The first-order chi connectivity index (χ1) is 9.74. The number of halogens is 2. The van der Waals surface area contributed by atoms with Crippen molar-refractivity contribution in [1.82, 2.24) is 9.78 Å². The number of rotatable bonds is 5. The van der Waals surface area contributed by atoms with Gasteiger partial charge in [0.25, 0.3) is 0 Å². The molecular formula is C15H20Cl2N4. The summed E-state index contributed by atoms with van der Waals surface area (Å²) in [7, 11) is 0. The van der Waals surface area contributed by atoms with Crippen molar-refractivity contribution in [2.24, 2.45) is 5.92 Å². The van der Waals surface area contributed by atoms with E-state index in [4.69, 9.17) is 34.7 Å². The van der Waals surface area contributed by atoms with E-state index in [1.165, 1.54) is 0 Å². The summed E-state index contributed by atoms with van der Waals surface area (Å²) in [6.07, 6.45) is 4.51. The first kappa shape index (κ1) is 16.0. The van der Waals surface area contributed by atoms with E-state index in [-0.39, 0.29) is 0 Å². The van der Waals surface area contributed by atoms with Gasteiger partial charge in [0.15, 0.2) is 0 Å². The van der Waals surface area contributed by atoms with Crippen LogP contribution in [0.25, 0.3) is 11.1 Å². The molecule has 0 saturated carbocycles. The van der Waals surface area contributed by atoms with Gasteiger partial charge in [-0.3, -0.25) is 4.68 Å². The average Bonchev–Trinajstić information content (AvgIpc) is 2.78. The van der Waals surface area contributed by atoms with Gasteiger partial charge in [-0.1, -0.05) is 13.0 Å². The van der Waals surface area contributed by atoms with Crippen LogP contribution >= 0.6 is 23.2 Å². The lowest BCUT2D eigenvalue weighted by Gasteiger charge is -2.18. The lowest BCUT2D eigenvalue weighted by molar-refractivity contribution is 0.412. The van der Waals surface area contributed by atoms with Crippen LogP contribution < -0.4 is 11.5 Å². The standard InChI is InChI=1S/C15H20Cl2N4/c1-10(6-15(2,16)17)8-21-9-12(7-20-21)11-3-4-13(18)14(19)5-11/h3-5,7,9-10H,6,8,18-19H2,1-2H3. The Hall–Kier alpha value is -1.39. The number of nitrogens with zero attached hydrogens (tertiary/aromatic N) is 2. The van der Waals surface area contributed by atoms with Crippen LogP contribution in [0.3, 0.4) is 0 Å². The van der Waals surface area contributed by atoms with Crippen LogP contribution in [-0.2, 0) is 6.54 Å². The molecule has 0 radical (unpaired) electrons. The second-order valence-corrected chi connectivity index (χ2v) is 7.54. The van der Waals surface area contributed by atoms with Crippen molar-refractivity contribution in [3.63, 3.8) is 0 Å². The van der Waals surface area contributed by atoms with Crippen LogP contribution in [0.5, 0.6) is 0 Å². The van der Waals surface area contributed by atoms with E-state index < -0.39 is 4.33 Å². The van der Waals surface area contributed by atoms with Crippen LogP contribution in [0.4, 0.5) is 11.4 Å². The van der Waals surface area contributed by atoms with Gasteiger partial charge in [-0.25, -0.2) is 0 Å². The van der Waals surface area contributed by atoms with Gasteiger partial charge in [0.05, 0.1) is 17.6 Å². The molecule has 4 N–H and O–H groups in total. The number of nitrogens with two attached hydrogens (primary N) is 2. The maximum atomic E-state index is 6.04. The van der Waals surface area contributed by atoms with Crippen molar-refractivity contribution in [2.75, 3.05) is 11.5 Å². The molecule has 0 spiro atoms. The van der Waals surface area contributed by atoms with Crippen molar-refractivity contribution in [3.8, 4) is 11.1 Å². The summed E-state index contributed by atoms with van der Waals surface area (Å²) in [5.41, 5.74) is 14.7. The van der Waals surface area contributed by atoms with E-state index in [1.54, 1.807) is 13.0 Å². The number of anilines is 2. The van der Waals surface area contributed by atoms with Gasteiger partial charge in [-0.15, -0.1) is 23.2 Å². The number of alkyl halides is 2. The lowest BCUT2D eigenvalue weighted by Crippen LogP contribution is -2.16. The van der Waals surface area contributed by atoms with Crippen LogP contribution in [0.2, 0.25) is 0 Å². The molecule has 0 amide bonds. The highest BCUT2D eigenvalue weighted by Gasteiger charge is 2.20. The summed E-state index contributed by atoms with van der Waals surface area (Å²) in [4.78, 5) is 0. The van der Waals surface area contributed by atoms with E-state index >= 15 is 0 Å². The maximum Gasteiger partial charge on any atom is 0.115 e. The zero-order valence-electron chi connectivity index (χ0n) is 12.2. The summed E-state index contributed by atoms with van der Waals surface area (Å²) >= 11 is 12.1. The zero-order chi connectivity index (χ0) is 15.6. The highest BCUT2D eigenvalue weighted by atomic mass is 35.5. The van der Waals surface area contributed by atoms with E-state index in [9.17, 15) is 0 Å². The highest BCUT2D eigenvalue weighted by molar-refractivity contribution is 6.48. The van der Waals surface area contributed by atoms with E-state index in [0.717, 1.165) is 17.7 Å². The third-order valence-electron chi connectivity index (χ3n) is 3.26. The fourth-order valence-corrected chi connectivity index (χ4v) is 2.89. The van der Waals surface area contributed by atoms with Crippen LogP contribution in [0, 0.1) is 5.92 Å². The van der Waals surface area contributed by atoms with Crippen molar-refractivity contribution < 1.29 is 0 Å². The molecule has 1 aromatic heterocycles. The van der Waals surface area contributed by atoms with Gasteiger partial charge in [0.1, 0.15) is 4.33 Å². The fraction of sp³-hybridized carbons (Fsp3) is 0.400. The summed E-state index contributed by atoms with van der Waals surface area (Å²) < 4.78 is 1.19. The quantitative estimate of drug-likeness (QED) is 0.645. The number of hydrogen-bond acceptors (Lipinski definition) is 3. The molecule has 2 rings (SSSR count). The topological polar surface area (TPSA) is 69.9 Å². The fourth-order valence-electron chi connectivity index (χ4n) is 2.36. The minimum absolute atomic E-state index is 0.328. The van der Waals surface area contributed by atoms with E-state index in [0.29, 0.717) is 23.7 Å². The largest absolute Gasteiger partial charge is 0.397 e. The molecule has 1 heterocycles. The Bertz CT molecular complexity index is 616. The monoisotopic (exact) mass is 326 g/mol. The Kier molecular flexibility index (Phi) is 4.69. The highest BCUT2D eigenvalue weighted by Crippen LogP contribution is 2.29. The molecule has 1 unspecified atom stereocenters. The molecule has 0 aliphatic carbocycles. The van der Waals surface area contributed by atoms with Crippen LogP contribution in [0.15, 0.2) is 30.6 Å². The molecule has 0 fully saturated rings. The molecule has 0 aliphatic rings. The number of nitrogen functional groups attached to an aromatic ring is 2. The Morgan fingerprint density at radius 1 is 1.24 bits per heavy atom. The zero-order valence-corrected chi connectivity index (χ0v) is 13.7. The Morgan fingerprint density at radius 3 is 2.57 bits per heavy atom. The van der Waals surface area contributed by atoms with Crippen molar-refractivity contribution >= 4 is 34.6 Å². The van der Waals surface area contributed by atoms with Gasteiger partial charge in [-0.05, 0) is 37.0 Å². The smallest absolute Gasteiger partial charge is 0.115 e. The predicted octanol–water partition coefficient (Wildman–Crippen LogP) is 3.93. The van der Waals surface area contributed by atoms with Crippen LogP contribution in [0.1, 0.15) is 20.3 Å². The minimum Gasteiger partial charge on any atom is -0.397 e. The SMILES string of the molecule is CC(Cn1cc(-c2ccc(N)c(N)c2)cn1)CC(C)(Cl)Cl. The van der Waals surface area contributed by atoms with Gasteiger partial charge >= 0.3 is 0 Å². The number of aromatic nitrogens is 2. The molecule has 114 valence electrons. The summed E-state index contributed by atoms with van der Waals surface area (Å²) in [5.74, 6) is 0.328. The first-order valence-corrected chi connectivity index (χ1v) is 7.56. The number of hydrogen-bond donors (Lipinski definition) is 2. The van der Waals surface area contributed by atoms with Gasteiger partial charge in [0.2, 0.25) is 0 Å². The summed E-state index contributed by atoms with van der Waals surface area (Å²) in [6, 6.07) is 5.59. The number of benzene rings is 1. The Labute approximate surface area is 135 Å². The molecule has 1 aromatic carbocycles. The molecule has 2 aromatic rings. The van der Waals surface area contributed by atoms with Crippen molar-refractivity contribution in [3.05, 3.63) is 30.6 Å². The van der Waals surface area contributed by atoms with Gasteiger partial charge in [0, 0.05) is 18.3 Å². The minimum atomic E-state index is -0.708. The van der Waals surface area contributed by atoms with Crippen LogP contribution in [-0.4, -0.2) is 14.1 Å². The maximum absolute atomic E-state index is 6.04. The predicted molar refractivity (Wildman–Crippen MR) is 90.4 cm³/mol. The second-order valence-electron chi connectivity index (χ2n) is 5.67. The Morgan fingerprint density at radius 2 is 1.95 bits per heavy atom. The molecule has 4 nitrogen and oxygen atoms in total. The van der Waals surface area contributed by atoms with Crippen molar-refractivity contribution in [2.45, 2.75) is 31.1 Å². The molecule has 1 atom stereocenters. The third kappa shape index (κ3) is 4.55. The van der Waals surface area contributed by atoms with E-state index in [2.05, 4.69) is 12.0 Å². The molecule has 0 saturated heterocycles. The normalized spacial score (nSPS) is 13.3. The summed E-state index contributed by atoms with van der Waals surface area (Å²) in [5, 5.41) is 4.37. The van der Waals surface area contributed by atoms with E-state index in [1.807, 2.05) is 29.2 Å². The molecule has 0 bridgehead atoms. The molecule has 0 aliphatic heterocycles. The summed E-state index contributed by atoms with van der Waals surface area (Å²) in [6.45, 7) is 4.67. The first-order valence-electron chi connectivity index (χ1n) is 6.80. The average molecular weight is 327 g/mol. The van der Waals surface area contributed by atoms with Gasteiger partial charge < -0.3 is 11.5 Å². The molecular weight excluding hydrogens is 307 g/mol. The Balaban J connectivity index is 2.09. The second kappa shape index (κ2) is 6.16. The molecule has 6 heteroatoms. The molecule has 21 heavy (non-hydrogen) atoms. The lowest BCUT2D eigenvalue weighted by atomic mass is 10.1. The van der Waals surface area contributed by atoms with Gasteiger partial charge in [-0.2, -0.15) is 5.10 Å².